The summed E-state index contributed by atoms with van der Waals surface area (Å²) < 4.78 is 0. The second kappa shape index (κ2) is 9.28. The van der Waals surface area contributed by atoms with Gasteiger partial charge in [0.15, 0.2) is 0 Å². The normalized spacial score (nSPS) is 30.4. The Bertz CT molecular complexity index is 373. The number of nitrogens with zero attached hydrogens (tertiary/aromatic N) is 1. The first-order valence-corrected chi connectivity index (χ1v) is 8.80. The molecule has 2 aliphatic heterocycles. The lowest BCUT2D eigenvalue weighted by atomic mass is 9.94. The Kier molecular flexibility index (Phi) is 7.36. The number of carbonyl (C=O) groups excluding carboxylic acids is 1. The molecule has 1 saturated heterocycles. The van der Waals surface area contributed by atoms with Gasteiger partial charge < -0.3 is 15.7 Å². The second-order valence-electron chi connectivity index (χ2n) is 6.38. The number of aliphatic hydroxyl groups is 1. The van der Waals surface area contributed by atoms with Crippen molar-refractivity contribution in [3.8, 4) is 0 Å². The van der Waals surface area contributed by atoms with Crippen LogP contribution in [0, 0.1) is 0 Å². The smallest absolute Gasteiger partial charge is 0.221 e. The summed E-state index contributed by atoms with van der Waals surface area (Å²) in [6.07, 6.45) is 9.27. The fourth-order valence-electron chi connectivity index (χ4n) is 3.41. The number of carbonyl (C=O) groups is 1. The molecule has 2 rings (SSSR count). The van der Waals surface area contributed by atoms with Crippen molar-refractivity contribution in [2.75, 3.05) is 26.2 Å². The minimum absolute atomic E-state index is 0.112. The van der Waals surface area contributed by atoms with E-state index in [2.05, 4.69) is 27.7 Å². The van der Waals surface area contributed by atoms with Crippen LogP contribution < -0.4 is 10.6 Å². The van der Waals surface area contributed by atoms with Crippen LogP contribution in [0.15, 0.2) is 12.2 Å². The Balaban J connectivity index is 2.06. The van der Waals surface area contributed by atoms with Crippen molar-refractivity contribution in [2.24, 2.45) is 0 Å². The van der Waals surface area contributed by atoms with Crippen LogP contribution in [-0.2, 0) is 4.79 Å². The standard InChI is InChI=1S/C17H31N3O2/c1-2-16(21)15-8-5-7-14-13-17(22)19-11-4-3-9-18-10-6-12-20(14)15/h5,7,14-16,18,21H,2-4,6,8-13H2,1H3,(H,19,22)/t14-,15+,16+/m0/s1. The summed E-state index contributed by atoms with van der Waals surface area (Å²) in [7, 11) is 0. The number of hydrogen-bond acceptors (Lipinski definition) is 4. The van der Waals surface area contributed by atoms with Crippen LogP contribution in [0.25, 0.3) is 0 Å². The average molecular weight is 309 g/mol. The SMILES string of the molecule is CC[C@@H](O)[C@H]1CC=C[C@H]2CC(=O)NCCCCNCCCN12. The van der Waals surface area contributed by atoms with Crippen LogP contribution in [0.1, 0.15) is 45.4 Å². The molecule has 2 heterocycles. The van der Waals surface area contributed by atoms with Gasteiger partial charge in [-0.2, -0.15) is 0 Å². The van der Waals surface area contributed by atoms with E-state index in [9.17, 15) is 9.90 Å². The lowest BCUT2D eigenvalue weighted by Crippen LogP contribution is -2.52. The van der Waals surface area contributed by atoms with Gasteiger partial charge in [-0.05, 0) is 45.2 Å². The van der Waals surface area contributed by atoms with Crippen LogP contribution in [-0.4, -0.2) is 60.3 Å². The molecule has 0 aromatic carbocycles. The van der Waals surface area contributed by atoms with Crippen molar-refractivity contribution in [2.45, 2.75) is 63.6 Å². The summed E-state index contributed by atoms with van der Waals surface area (Å²) in [5, 5.41) is 16.8. The van der Waals surface area contributed by atoms with Crippen LogP contribution in [0.3, 0.4) is 0 Å². The maximum absolute atomic E-state index is 12.1. The highest BCUT2D eigenvalue weighted by molar-refractivity contribution is 5.76. The Labute approximate surface area is 134 Å². The molecule has 1 fully saturated rings. The highest BCUT2D eigenvalue weighted by Gasteiger charge is 2.32. The summed E-state index contributed by atoms with van der Waals surface area (Å²) in [5.41, 5.74) is 0. The molecule has 0 aliphatic carbocycles. The number of fused-ring (bicyclic) bond motifs is 1. The van der Waals surface area contributed by atoms with Crippen molar-refractivity contribution in [3.05, 3.63) is 12.2 Å². The first kappa shape index (κ1) is 17.4. The zero-order chi connectivity index (χ0) is 15.8. The van der Waals surface area contributed by atoms with Crippen LogP contribution in [0.2, 0.25) is 0 Å². The molecule has 0 spiro atoms. The molecule has 0 unspecified atom stereocenters. The molecule has 0 aromatic heterocycles. The molecular formula is C17H31N3O2. The minimum Gasteiger partial charge on any atom is -0.391 e. The van der Waals surface area contributed by atoms with E-state index >= 15 is 0 Å². The fourth-order valence-corrected chi connectivity index (χ4v) is 3.41. The fraction of sp³-hybridized carbons (Fsp3) is 0.824. The summed E-state index contributed by atoms with van der Waals surface area (Å²) in [5.74, 6) is 0.124. The zero-order valence-electron chi connectivity index (χ0n) is 13.8. The van der Waals surface area contributed by atoms with E-state index in [1.165, 1.54) is 0 Å². The van der Waals surface area contributed by atoms with Crippen molar-refractivity contribution in [1.29, 1.82) is 0 Å². The molecule has 0 radical (unpaired) electrons. The van der Waals surface area contributed by atoms with Gasteiger partial charge in [-0.25, -0.2) is 0 Å². The van der Waals surface area contributed by atoms with Gasteiger partial charge in [0.1, 0.15) is 0 Å². The van der Waals surface area contributed by atoms with Gasteiger partial charge in [0, 0.05) is 31.6 Å². The minimum atomic E-state index is -0.320. The maximum atomic E-state index is 12.1. The third-order valence-electron chi connectivity index (χ3n) is 4.72. The second-order valence-corrected chi connectivity index (χ2v) is 6.38. The molecule has 0 aromatic rings. The molecule has 1 amide bonds. The number of rotatable bonds is 2. The largest absolute Gasteiger partial charge is 0.391 e. The van der Waals surface area contributed by atoms with Crippen LogP contribution in [0.4, 0.5) is 0 Å². The summed E-state index contributed by atoms with van der Waals surface area (Å²) in [6.45, 7) is 5.73. The molecule has 0 saturated carbocycles. The monoisotopic (exact) mass is 309 g/mol. The lowest BCUT2D eigenvalue weighted by molar-refractivity contribution is -0.122. The topological polar surface area (TPSA) is 64.6 Å². The Morgan fingerprint density at radius 3 is 2.91 bits per heavy atom. The van der Waals surface area contributed by atoms with E-state index in [4.69, 9.17) is 0 Å². The van der Waals surface area contributed by atoms with E-state index in [0.29, 0.717) is 6.42 Å². The van der Waals surface area contributed by atoms with E-state index in [1.54, 1.807) is 0 Å². The third kappa shape index (κ3) is 5.07. The van der Waals surface area contributed by atoms with E-state index < -0.39 is 0 Å². The van der Waals surface area contributed by atoms with Crippen LogP contribution in [0.5, 0.6) is 0 Å². The van der Waals surface area contributed by atoms with Crippen molar-refractivity contribution in [1.82, 2.24) is 15.5 Å². The molecular weight excluding hydrogens is 278 g/mol. The first-order chi connectivity index (χ1) is 10.7. The van der Waals surface area contributed by atoms with Crippen molar-refractivity contribution in [3.63, 3.8) is 0 Å². The van der Waals surface area contributed by atoms with Gasteiger partial charge in [-0.15, -0.1) is 0 Å². The maximum Gasteiger partial charge on any atom is 0.221 e. The van der Waals surface area contributed by atoms with Crippen molar-refractivity contribution < 1.29 is 9.90 Å². The van der Waals surface area contributed by atoms with Crippen LogP contribution >= 0.6 is 0 Å². The first-order valence-electron chi connectivity index (χ1n) is 8.80. The van der Waals surface area contributed by atoms with E-state index in [1.807, 2.05) is 6.92 Å². The van der Waals surface area contributed by atoms with Gasteiger partial charge in [0.05, 0.1) is 6.10 Å². The van der Waals surface area contributed by atoms with Gasteiger partial charge in [0.2, 0.25) is 5.91 Å². The zero-order valence-corrected chi connectivity index (χ0v) is 13.8. The molecule has 5 nitrogen and oxygen atoms in total. The number of hydrogen-bond donors (Lipinski definition) is 3. The number of nitrogens with one attached hydrogen (secondary N) is 2. The van der Waals surface area contributed by atoms with Gasteiger partial charge in [-0.3, -0.25) is 9.69 Å². The predicted molar refractivity (Wildman–Crippen MR) is 88.7 cm³/mol. The number of amides is 1. The van der Waals surface area contributed by atoms with Gasteiger partial charge >= 0.3 is 0 Å². The Hall–Kier alpha value is -0.910. The Morgan fingerprint density at radius 2 is 2.09 bits per heavy atom. The quantitative estimate of drug-likeness (QED) is 0.667. The van der Waals surface area contributed by atoms with E-state index in [0.717, 1.165) is 58.3 Å². The average Bonchev–Trinajstić information content (AvgIpc) is 2.54. The predicted octanol–water partition coefficient (Wildman–Crippen LogP) is 1.04. The lowest BCUT2D eigenvalue weighted by Gasteiger charge is -2.41. The molecule has 3 atom stereocenters. The molecule has 5 heteroatoms. The molecule has 22 heavy (non-hydrogen) atoms. The molecule has 2 aliphatic rings. The molecule has 3 N–H and O–H groups in total. The Morgan fingerprint density at radius 1 is 1.32 bits per heavy atom. The van der Waals surface area contributed by atoms with E-state index in [-0.39, 0.29) is 24.1 Å². The summed E-state index contributed by atoms with van der Waals surface area (Å²) in [6, 6.07) is 0.249. The highest BCUT2D eigenvalue weighted by Crippen LogP contribution is 2.23. The summed E-state index contributed by atoms with van der Waals surface area (Å²) >= 11 is 0. The highest BCUT2D eigenvalue weighted by atomic mass is 16.3. The van der Waals surface area contributed by atoms with Gasteiger partial charge in [0.25, 0.3) is 0 Å². The molecule has 0 bridgehead atoms. The van der Waals surface area contributed by atoms with Crippen molar-refractivity contribution >= 4 is 5.91 Å². The third-order valence-corrected chi connectivity index (χ3v) is 4.72. The number of aliphatic hydroxyl groups excluding tert-OH is 1. The molecule has 126 valence electrons. The van der Waals surface area contributed by atoms with Gasteiger partial charge in [-0.1, -0.05) is 19.1 Å². The summed E-state index contributed by atoms with van der Waals surface area (Å²) in [4.78, 5) is 14.5.